The number of hydrogen-bond acceptors (Lipinski definition) is 9. The van der Waals surface area contributed by atoms with Crippen LogP contribution in [0.4, 0.5) is 11.4 Å². The number of furan rings is 1. The maximum absolute atomic E-state index is 12.1. The molecule has 12 nitrogen and oxygen atoms in total. The number of benzene rings is 2. The molecule has 0 radical (unpaired) electrons. The van der Waals surface area contributed by atoms with Crippen LogP contribution >= 0.6 is 0 Å². The molecule has 0 atom stereocenters. The quantitative estimate of drug-likeness (QED) is 0.198. The van der Waals surface area contributed by atoms with Crippen LogP contribution in [0.5, 0.6) is 5.75 Å². The van der Waals surface area contributed by atoms with Crippen molar-refractivity contribution in [1.82, 2.24) is 5.43 Å². The zero-order chi connectivity index (χ0) is 22.4. The van der Waals surface area contributed by atoms with Crippen molar-refractivity contribution in [3.63, 3.8) is 0 Å². The van der Waals surface area contributed by atoms with Gasteiger partial charge in [-0.1, -0.05) is 6.07 Å². The van der Waals surface area contributed by atoms with Gasteiger partial charge in [0.05, 0.1) is 22.3 Å². The molecule has 0 saturated carbocycles. The Labute approximate surface area is 173 Å². The molecule has 3 rings (SSSR count). The first-order chi connectivity index (χ1) is 14.9. The molecule has 1 N–H and O–H groups in total. The molecule has 156 valence electrons. The highest BCUT2D eigenvalue weighted by Crippen LogP contribution is 2.30. The number of rotatable bonds is 7. The van der Waals surface area contributed by atoms with Crippen LogP contribution in [-0.4, -0.2) is 27.9 Å². The largest absolute Gasteiger partial charge is 0.457 e. The van der Waals surface area contributed by atoms with Crippen molar-refractivity contribution in [3.05, 3.63) is 98.0 Å². The van der Waals surface area contributed by atoms with Crippen molar-refractivity contribution in [2.24, 2.45) is 5.10 Å². The molecule has 0 aliphatic heterocycles. The van der Waals surface area contributed by atoms with Gasteiger partial charge < -0.3 is 9.15 Å². The molecule has 1 heterocycles. The standard InChI is InChI=1S/C19H12N4O8/c24-18(12-6-8-14(9-7-12)22(26)27)21-20-11-13-3-1-4-15(23(28)29)17(13)31-19(25)16-5-2-10-30-16/h1-11H,(H,21,24)/b20-11+. The minimum atomic E-state index is -0.955. The SMILES string of the molecule is O=C(N/N=C/c1cccc([N+](=O)[O-])c1OC(=O)c1ccco1)c1ccc([N+](=O)[O-])cc1. The first kappa shape index (κ1) is 20.9. The molecule has 12 heteroatoms. The number of nitrogens with one attached hydrogen (secondary N) is 1. The second-order valence-corrected chi connectivity index (χ2v) is 5.82. The van der Waals surface area contributed by atoms with Gasteiger partial charge in [-0.15, -0.1) is 0 Å². The number of amides is 1. The maximum Gasteiger partial charge on any atom is 0.379 e. The van der Waals surface area contributed by atoms with Crippen molar-refractivity contribution in [3.8, 4) is 5.75 Å². The summed E-state index contributed by atoms with van der Waals surface area (Å²) in [6.45, 7) is 0. The number of hydrogen-bond donors (Lipinski definition) is 1. The fourth-order valence-corrected chi connectivity index (χ4v) is 2.40. The summed E-state index contributed by atoms with van der Waals surface area (Å²) in [6.07, 6.45) is 2.30. The summed E-state index contributed by atoms with van der Waals surface area (Å²) in [5, 5.41) is 25.7. The monoisotopic (exact) mass is 424 g/mol. The van der Waals surface area contributed by atoms with Crippen LogP contribution in [0, 0.1) is 20.2 Å². The van der Waals surface area contributed by atoms with Crippen molar-refractivity contribution < 1.29 is 28.6 Å². The van der Waals surface area contributed by atoms with Gasteiger partial charge >= 0.3 is 11.7 Å². The van der Waals surface area contributed by atoms with Gasteiger partial charge in [0.1, 0.15) is 0 Å². The first-order valence-electron chi connectivity index (χ1n) is 8.48. The van der Waals surface area contributed by atoms with Crippen LogP contribution in [0.25, 0.3) is 0 Å². The molecular formula is C19H12N4O8. The minimum absolute atomic E-state index is 0.0399. The summed E-state index contributed by atoms with van der Waals surface area (Å²) in [4.78, 5) is 44.9. The van der Waals surface area contributed by atoms with Crippen molar-refractivity contribution in [2.75, 3.05) is 0 Å². The van der Waals surface area contributed by atoms with Gasteiger partial charge in [-0.2, -0.15) is 5.10 Å². The molecule has 1 aromatic heterocycles. The van der Waals surface area contributed by atoms with Gasteiger partial charge in [0.25, 0.3) is 11.6 Å². The van der Waals surface area contributed by atoms with Gasteiger partial charge in [-0.25, -0.2) is 10.2 Å². The number of esters is 1. The number of nitrogens with zero attached hydrogens (tertiary/aromatic N) is 3. The third-order valence-corrected chi connectivity index (χ3v) is 3.85. The summed E-state index contributed by atoms with van der Waals surface area (Å²) < 4.78 is 10.0. The molecule has 1 amide bonds. The van der Waals surface area contributed by atoms with E-state index in [2.05, 4.69) is 10.5 Å². The molecule has 2 aromatic carbocycles. The summed E-state index contributed by atoms with van der Waals surface area (Å²) in [5.74, 6) is -2.18. The Morgan fingerprint density at radius 1 is 1.00 bits per heavy atom. The van der Waals surface area contributed by atoms with Crippen LogP contribution in [0.15, 0.2) is 70.4 Å². The Kier molecular flexibility index (Phi) is 6.11. The Balaban J connectivity index is 1.80. The van der Waals surface area contributed by atoms with Crippen LogP contribution in [-0.2, 0) is 0 Å². The highest BCUT2D eigenvalue weighted by atomic mass is 16.6. The second kappa shape index (κ2) is 9.09. The smallest absolute Gasteiger partial charge is 0.379 e. The molecule has 0 bridgehead atoms. The lowest BCUT2D eigenvalue weighted by molar-refractivity contribution is -0.385. The van der Waals surface area contributed by atoms with E-state index in [0.29, 0.717) is 0 Å². The molecule has 0 spiro atoms. The predicted molar refractivity (Wildman–Crippen MR) is 105 cm³/mol. The Bertz CT molecular complexity index is 1170. The third-order valence-electron chi connectivity index (χ3n) is 3.85. The Hall–Kier alpha value is -4.87. The maximum atomic E-state index is 12.1. The van der Waals surface area contributed by atoms with E-state index in [1.54, 1.807) is 0 Å². The molecule has 0 aliphatic carbocycles. The number of para-hydroxylation sites is 1. The Morgan fingerprint density at radius 3 is 2.35 bits per heavy atom. The average molecular weight is 424 g/mol. The van der Waals surface area contributed by atoms with E-state index >= 15 is 0 Å². The number of nitro benzene ring substituents is 2. The van der Waals surface area contributed by atoms with E-state index in [9.17, 15) is 29.8 Å². The van der Waals surface area contributed by atoms with E-state index in [-0.39, 0.29) is 28.3 Å². The molecule has 0 saturated heterocycles. The summed E-state index contributed by atoms with van der Waals surface area (Å²) >= 11 is 0. The fraction of sp³-hybridized carbons (Fsp3) is 0. The van der Waals surface area contributed by atoms with Crippen molar-refractivity contribution >= 4 is 29.5 Å². The second-order valence-electron chi connectivity index (χ2n) is 5.82. The number of ether oxygens (including phenoxy) is 1. The van der Waals surface area contributed by atoms with Crippen molar-refractivity contribution in [1.29, 1.82) is 0 Å². The molecule has 31 heavy (non-hydrogen) atoms. The lowest BCUT2D eigenvalue weighted by Crippen LogP contribution is -2.17. The summed E-state index contributed by atoms with van der Waals surface area (Å²) in [5.41, 5.74) is 1.65. The van der Waals surface area contributed by atoms with E-state index in [1.165, 1.54) is 42.7 Å². The van der Waals surface area contributed by atoms with Crippen LogP contribution < -0.4 is 10.2 Å². The number of carbonyl (C=O) groups is 2. The normalized spacial score (nSPS) is 10.6. The van der Waals surface area contributed by atoms with E-state index in [1.807, 2.05) is 0 Å². The van der Waals surface area contributed by atoms with Crippen LogP contribution in [0.2, 0.25) is 0 Å². The zero-order valence-electron chi connectivity index (χ0n) is 15.5. The summed E-state index contributed by atoms with van der Waals surface area (Å²) in [6, 6.07) is 11.5. The molecule has 0 aliphatic rings. The van der Waals surface area contributed by atoms with E-state index in [0.717, 1.165) is 24.4 Å². The van der Waals surface area contributed by atoms with Gasteiger partial charge in [0.15, 0.2) is 0 Å². The molecular weight excluding hydrogens is 412 g/mol. The van der Waals surface area contributed by atoms with E-state index in [4.69, 9.17) is 9.15 Å². The number of non-ortho nitro benzene ring substituents is 1. The topological polar surface area (TPSA) is 167 Å². The summed E-state index contributed by atoms with van der Waals surface area (Å²) in [7, 11) is 0. The van der Waals surface area contributed by atoms with Gasteiger partial charge in [-0.3, -0.25) is 25.0 Å². The molecule has 3 aromatic rings. The number of hydrazone groups is 1. The highest BCUT2D eigenvalue weighted by molar-refractivity contribution is 5.96. The molecule has 0 fully saturated rings. The first-order valence-corrected chi connectivity index (χ1v) is 8.48. The predicted octanol–water partition coefficient (Wildman–Crippen LogP) is 3.08. The Morgan fingerprint density at radius 2 is 1.74 bits per heavy atom. The fourth-order valence-electron chi connectivity index (χ4n) is 2.40. The lowest BCUT2D eigenvalue weighted by Gasteiger charge is -2.07. The highest BCUT2D eigenvalue weighted by Gasteiger charge is 2.23. The van der Waals surface area contributed by atoms with Gasteiger partial charge in [0, 0.05) is 29.3 Å². The van der Waals surface area contributed by atoms with Crippen LogP contribution in [0.1, 0.15) is 26.5 Å². The number of nitro groups is 2. The van der Waals surface area contributed by atoms with Gasteiger partial charge in [0.2, 0.25) is 11.5 Å². The minimum Gasteiger partial charge on any atom is -0.457 e. The van der Waals surface area contributed by atoms with Crippen LogP contribution in [0.3, 0.4) is 0 Å². The molecule has 0 unspecified atom stereocenters. The lowest BCUT2D eigenvalue weighted by atomic mass is 10.2. The number of carbonyl (C=O) groups excluding carboxylic acids is 2. The van der Waals surface area contributed by atoms with Gasteiger partial charge in [-0.05, 0) is 30.3 Å². The average Bonchev–Trinajstić information content (AvgIpc) is 3.29. The zero-order valence-corrected chi connectivity index (χ0v) is 15.5. The van der Waals surface area contributed by atoms with Crippen molar-refractivity contribution in [2.45, 2.75) is 0 Å². The van der Waals surface area contributed by atoms with E-state index < -0.39 is 27.4 Å². The third kappa shape index (κ3) is 4.95.